The minimum absolute atomic E-state index is 0.0120. The van der Waals surface area contributed by atoms with Crippen LogP contribution in [-0.2, 0) is 0 Å². The third-order valence-corrected chi connectivity index (χ3v) is 2.06. The van der Waals surface area contributed by atoms with E-state index in [2.05, 4.69) is 0 Å². The molecule has 0 saturated carbocycles. The summed E-state index contributed by atoms with van der Waals surface area (Å²) in [6.07, 6.45) is -2.75. The highest BCUT2D eigenvalue weighted by Crippen LogP contribution is 2.30. The molecule has 16 heavy (non-hydrogen) atoms. The number of ether oxygens (including phenoxy) is 1. The molecule has 1 aromatic rings. The van der Waals surface area contributed by atoms with Gasteiger partial charge in [0.1, 0.15) is 5.75 Å². The maximum Gasteiger partial charge on any atom is 0.273 e. The van der Waals surface area contributed by atoms with Crippen LogP contribution in [0.1, 0.15) is 11.6 Å². The van der Waals surface area contributed by atoms with Gasteiger partial charge in [0, 0.05) is 11.6 Å². The lowest BCUT2D eigenvalue weighted by molar-refractivity contribution is -0.384. The van der Waals surface area contributed by atoms with Gasteiger partial charge in [-0.2, -0.15) is 0 Å². The summed E-state index contributed by atoms with van der Waals surface area (Å²) in [6.45, 7) is 0. The third-order valence-electron chi connectivity index (χ3n) is 2.06. The number of methoxy groups -OCH3 is 1. The fraction of sp³-hybridized carbons (Fsp3) is 0.333. The molecule has 0 radical (unpaired) electrons. The van der Waals surface area contributed by atoms with Crippen molar-refractivity contribution in [2.24, 2.45) is 5.73 Å². The van der Waals surface area contributed by atoms with E-state index in [4.69, 9.17) is 10.5 Å². The van der Waals surface area contributed by atoms with Crippen molar-refractivity contribution in [1.82, 2.24) is 0 Å². The second-order valence-corrected chi connectivity index (χ2v) is 3.04. The molecule has 1 aromatic carbocycles. The highest BCUT2D eigenvalue weighted by molar-refractivity contribution is 5.45. The summed E-state index contributed by atoms with van der Waals surface area (Å²) in [6, 6.07) is 1.83. The summed E-state index contributed by atoms with van der Waals surface area (Å²) < 4.78 is 29.5. The monoisotopic (exact) mass is 232 g/mol. The first-order valence-corrected chi connectivity index (χ1v) is 4.33. The molecule has 88 valence electrons. The second kappa shape index (κ2) is 4.84. The van der Waals surface area contributed by atoms with Crippen LogP contribution < -0.4 is 10.5 Å². The predicted molar refractivity (Wildman–Crippen MR) is 52.6 cm³/mol. The van der Waals surface area contributed by atoms with Gasteiger partial charge in [-0.25, -0.2) is 8.78 Å². The predicted octanol–water partition coefficient (Wildman–Crippen LogP) is 1.87. The minimum atomic E-state index is -2.75. The number of rotatable bonds is 4. The topological polar surface area (TPSA) is 78.4 Å². The molecule has 0 aromatic heterocycles. The largest absolute Gasteiger partial charge is 0.496 e. The van der Waals surface area contributed by atoms with Crippen LogP contribution in [-0.4, -0.2) is 18.5 Å². The Hall–Kier alpha value is -1.76. The number of nitro benzene ring substituents is 1. The van der Waals surface area contributed by atoms with Crippen molar-refractivity contribution in [3.05, 3.63) is 33.9 Å². The van der Waals surface area contributed by atoms with Gasteiger partial charge in [0.25, 0.3) is 12.1 Å². The van der Waals surface area contributed by atoms with Crippen molar-refractivity contribution in [3.63, 3.8) is 0 Å². The average molecular weight is 232 g/mol. The van der Waals surface area contributed by atoms with Gasteiger partial charge in [0.2, 0.25) is 0 Å². The quantitative estimate of drug-likeness (QED) is 0.634. The Labute approximate surface area is 90.0 Å². The zero-order valence-corrected chi connectivity index (χ0v) is 8.39. The smallest absolute Gasteiger partial charge is 0.273 e. The van der Waals surface area contributed by atoms with Crippen molar-refractivity contribution in [2.75, 3.05) is 7.11 Å². The van der Waals surface area contributed by atoms with E-state index in [1.807, 2.05) is 0 Å². The third kappa shape index (κ3) is 2.43. The molecule has 1 rings (SSSR count). The van der Waals surface area contributed by atoms with Gasteiger partial charge in [-0.15, -0.1) is 0 Å². The van der Waals surface area contributed by atoms with E-state index in [1.54, 1.807) is 0 Å². The highest BCUT2D eigenvalue weighted by Gasteiger charge is 2.22. The summed E-state index contributed by atoms with van der Waals surface area (Å²) in [5.74, 6) is -0.0120. The minimum Gasteiger partial charge on any atom is -0.496 e. The number of nitro groups is 1. The summed E-state index contributed by atoms with van der Waals surface area (Å²) in [5.41, 5.74) is 5.05. The molecule has 5 nitrogen and oxygen atoms in total. The summed E-state index contributed by atoms with van der Waals surface area (Å²) in [7, 11) is 1.24. The first-order chi connectivity index (χ1) is 7.47. The van der Waals surface area contributed by atoms with Gasteiger partial charge in [-0.1, -0.05) is 0 Å². The van der Waals surface area contributed by atoms with Crippen molar-refractivity contribution >= 4 is 5.69 Å². The number of hydrogen-bond acceptors (Lipinski definition) is 4. The molecule has 1 unspecified atom stereocenters. The molecule has 0 aliphatic heterocycles. The van der Waals surface area contributed by atoms with Crippen molar-refractivity contribution in [2.45, 2.75) is 12.5 Å². The normalized spacial score (nSPS) is 12.6. The van der Waals surface area contributed by atoms with E-state index >= 15 is 0 Å². The first-order valence-electron chi connectivity index (χ1n) is 4.33. The number of nitrogens with zero attached hydrogens (tertiary/aromatic N) is 1. The van der Waals surface area contributed by atoms with Gasteiger partial charge in [0.05, 0.1) is 24.1 Å². The molecule has 0 spiro atoms. The van der Waals surface area contributed by atoms with E-state index in [9.17, 15) is 18.9 Å². The van der Waals surface area contributed by atoms with Gasteiger partial charge in [0.15, 0.2) is 0 Å². The lowest BCUT2D eigenvalue weighted by Gasteiger charge is -2.14. The zero-order valence-electron chi connectivity index (χ0n) is 8.39. The number of benzene rings is 1. The molecule has 0 heterocycles. The molecule has 1 atom stereocenters. The van der Waals surface area contributed by atoms with Crippen molar-refractivity contribution in [1.29, 1.82) is 0 Å². The average Bonchev–Trinajstić information content (AvgIpc) is 2.26. The molecular formula is C9H10F2N2O3. The lowest BCUT2D eigenvalue weighted by atomic mass is 10.1. The van der Waals surface area contributed by atoms with E-state index in [-0.39, 0.29) is 17.0 Å². The van der Waals surface area contributed by atoms with Crippen LogP contribution in [0.4, 0.5) is 14.5 Å². The van der Waals surface area contributed by atoms with E-state index in [0.717, 1.165) is 12.1 Å². The van der Waals surface area contributed by atoms with Gasteiger partial charge in [-0.3, -0.25) is 10.1 Å². The van der Waals surface area contributed by atoms with E-state index in [1.165, 1.54) is 13.2 Å². The van der Waals surface area contributed by atoms with Crippen LogP contribution in [0.3, 0.4) is 0 Å². The molecule has 0 saturated heterocycles. The maximum atomic E-state index is 12.4. The molecule has 0 amide bonds. The standard InChI is InChI=1S/C9H10F2N2O3/c1-16-7-4-5(13(14)15)2-3-6(7)8(12)9(10)11/h2-4,8-9H,12H2,1H3. The Morgan fingerprint density at radius 1 is 1.50 bits per heavy atom. The molecular weight excluding hydrogens is 222 g/mol. The number of alkyl halides is 2. The summed E-state index contributed by atoms with van der Waals surface area (Å²) in [5, 5.41) is 10.5. The number of hydrogen-bond donors (Lipinski definition) is 1. The SMILES string of the molecule is COc1cc([N+](=O)[O-])ccc1C(N)C(F)F. The van der Waals surface area contributed by atoms with Crippen LogP contribution in [0.5, 0.6) is 5.75 Å². The van der Waals surface area contributed by atoms with E-state index in [0.29, 0.717) is 0 Å². The molecule has 0 aliphatic carbocycles. The molecule has 2 N–H and O–H groups in total. The fourth-order valence-electron chi connectivity index (χ4n) is 1.22. The number of non-ortho nitro benzene ring substituents is 1. The fourth-order valence-corrected chi connectivity index (χ4v) is 1.22. The maximum absolute atomic E-state index is 12.4. The van der Waals surface area contributed by atoms with Crippen LogP contribution in [0.15, 0.2) is 18.2 Å². The first kappa shape index (κ1) is 12.3. The number of nitrogens with two attached hydrogens (primary N) is 1. The van der Waals surface area contributed by atoms with Gasteiger partial charge in [-0.05, 0) is 6.07 Å². The Morgan fingerprint density at radius 2 is 2.12 bits per heavy atom. The van der Waals surface area contributed by atoms with Gasteiger partial charge < -0.3 is 10.5 Å². The Morgan fingerprint density at radius 3 is 2.56 bits per heavy atom. The Balaban J connectivity index is 3.16. The van der Waals surface area contributed by atoms with E-state index < -0.39 is 17.4 Å². The second-order valence-electron chi connectivity index (χ2n) is 3.04. The van der Waals surface area contributed by atoms with Crippen LogP contribution in [0.25, 0.3) is 0 Å². The van der Waals surface area contributed by atoms with Crippen LogP contribution in [0, 0.1) is 10.1 Å². The Kier molecular flexibility index (Phi) is 3.73. The van der Waals surface area contributed by atoms with Crippen LogP contribution in [0.2, 0.25) is 0 Å². The molecule has 0 bridgehead atoms. The van der Waals surface area contributed by atoms with Crippen LogP contribution >= 0.6 is 0 Å². The van der Waals surface area contributed by atoms with Crippen molar-refractivity contribution in [3.8, 4) is 5.75 Å². The molecule has 0 aliphatic rings. The summed E-state index contributed by atoms with van der Waals surface area (Å²) >= 11 is 0. The lowest BCUT2D eigenvalue weighted by Crippen LogP contribution is -2.19. The zero-order chi connectivity index (χ0) is 12.3. The molecule has 7 heteroatoms. The van der Waals surface area contributed by atoms with Gasteiger partial charge >= 0.3 is 0 Å². The Bertz CT molecular complexity index is 398. The number of halogens is 2. The molecule has 0 fully saturated rings. The van der Waals surface area contributed by atoms with Crippen molar-refractivity contribution < 1.29 is 18.4 Å². The summed E-state index contributed by atoms with van der Waals surface area (Å²) in [4.78, 5) is 9.82. The highest BCUT2D eigenvalue weighted by atomic mass is 19.3.